The summed E-state index contributed by atoms with van der Waals surface area (Å²) in [7, 11) is 0. The minimum absolute atomic E-state index is 0.0842. The molecule has 0 spiro atoms. The number of nitrogens with one attached hydrogen (secondary N) is 1. The van der Waals surface area contributed by atoms with Crippen LogP contribution in [0.2, 0.25) is 0 Å². The Morgan fingerprint density at radius 1 is 1.48 bits per heavy atom. The second-order valence-corrected chi connectivity index (χ2v) is 5.15. The lowest BCUT2D eigenvalue weighted by molar-refractivity contribution is -0.137. The van der Waals surface area contributed by atoms with Gasteiger partial charge in [-0.3, -0.25) is 4.79 Å². The van der Waals surface area contributed by atoms with Crippen molar-refractivity contribution >= 4 is 5.91 Å². The Balaban J connectivity index is 2.03. The number of benzene rings is 1. The van der Waals surface area contributed by atoms with Crippen LogP contribution in [0.5, 0.6) is 0 Å². The Bertz CT molecular complexity index is 501. The number of nitriles is 1. The monoisotopic (exact) mass is 287 g/mol. The molecule has 1 saturated heterocycles. The number of rotatable bonds is 5. The summed E-state index contributed by atoms with van der Waals surface area (Å²) in [6, 6.07) is 9.22. The zero-order chi connectivity index (χ0) is 15.1. The smallest absolute Gasteiger partial charge is 0.242 e. The number of ether oxygens (including phenoxy) is 1. The minimum atomic E-state index is -0.247. The molecule has 0 radical (unpaired) electrons. The molecular weight excluding hydrogens is 266 g/mol. The van der Waals surface area contributed by atoms with Crippen LogP contribution in [0.1, 0.15) is 24.5 Å². The Hall–Kier alpha value is -1.90. The molecule has 1 fully saturated rings. The molecule has 21 heavy (non-hydrogen) atoms. The van der Waals surface area contributed by atoms with E-state index in [1.54, 1.807) is 12.1 Å². The molecule has 1 heterocycles. The summed E-state index contributed by atoms with van der Waals surface area (Å²) in [4.78, 5) is 14.4. The summed E-state index contributed by atoms with van der Waals surface area (Å²) in [5.74, 6) is 0.0842. The summed E-state index contributed by atoms with van der Waals surface area (Å²) >= 11 is 0. The summed E-state index contributed by atoms with van der Waals surface area (Å²) in [6.07, 6.45) is 0.912. The molecule has 1 atom stereocenters. The van der Waals surface area contributed by atoms with Gasteiger partial charge in [0.05, 0.1) is 24.8 Å². The van der Waals surface area contributed by atoms with E-state index >= 15 is 0 Å². The first-order valence-electron chi connectivity index (χ1n) is 7.33. The topological polar surface area (TPSA) is 65.4 Å². The first-order chi connectivity index (χ1) is 10.2. The SMILES string of the molecule is CCCN(Cc1ccc(C#N)cc1)C(=O)C1COCCN1. The van der Waals surface area contributed by atoms with Crippen LogP contribution >= 0.6 is 0 Å². The largest absolute Gasteiger partial charge is 0.378 e. The third-order valence-corrected chi connectivity index (χ3v) is 3.48. The number of carbonyl (C=O) groups excluding carboxylic acids is 1. The molecule has 5 nitrogen and oxygen atoms in total. The highest BCUT2D eigenvalue weighted by molar-refractivity contribution is 5.82. The van der Waals surface area contributed by atoms with Gasteiger partial charge in [-0.2, -0.15) is 5.26 Å². The van der Waals surface area contributed by atoms with Crippen LogP contribution < -0.4 is 5.32 Å². The van der Waals surface area contributed by atoms with Crippen molar-refractivity contribution in [2.45, 2.75) is 25.9 Å². The van der Waals surface area contributed by atoms with Gasteiger partial charge in [0.15, 0.2) is 0 Å². The summed E-state index contributed by atoms with van der Waals surface area (Å²) in [6.45, 7) is 5.16. The molecule has 1 aliphatic rings. The summed E-state index contributed by atoms with van der Waals surface area (Å²) in [5.41, 5.74) is 1.67. The van der Waals surface area contributed by atoms with Gasteiger partial charge in [0, 0.05) is 19.6 Å². The number of carbonyl (C=O) groups is 1. The van der Waals surface area contributed by atoms with E-state index in [0.29, 0.717) is 31.9 Å². The van der Waals surface area contributed by atoms with Crippen LogP contribution in [0.25, 0.3) is 0 Å². The van der Waals surface area contributed by atoms with Crippen LogP contribution in [-0.2, 0) is 16.1 Å². The first kappa shape index (κ1) is 15.5. The molecule has 5 heteroatoms. The molecule has 2 rings (SSSR count). The van der Waals surface area contributed by atoms with Crippen LogP contribution in [0, 0.1) is 11.3 Å². The predicted molar refractivity (Wildman–Crippen MR) is 79.5 cm³/mol. The predicted octanol–water partition coefficient (Wildman–Crippen LogP) is 1.29. The highest BCUT2D eigenvalue weighted by Gasteiger charge is 2.25. The number of hydrogen-bond acceptors (Lipinski definition) is 4. The molecular formula is C16H21N3O2. The van der Waals surface area contributed by atoms with E-state index in [1.165, 1.54) is 0 Å². The Labute approximate surface area is 125 Å². The highest BCUT2D eigenvalue weighted by atomic mass is 16.5. The molecule has 0 saturated carbocycles. The lowest BCUT2D eigenvalue weighted by atomic mass is 10.1. The van der Waals surface area contributed by atoms with Crippen molar-refractivity contribution in [2.24, 2.45) is 0 Å². The van der Waals surface area contributed by atoms with Crippen molar-refractivity contribution in [3.05, 3.63) is 35.4 Å². The Morgan fingerprint density at radius 3 is 2.81 bits per heavy atom. The van der Waals surface area contributed by atoms with E-state index in [2.05, 4.69) is 18.3 Å². The maximum atomic E-state index is 12.5. The molecule has 0 bridgehead atoms. The zero-order valence-electron chi connectivity index (χ0n) is 12.3. The molecule has 1 aliphatic heterocycles. The average Bonchev–Trinajstić information content (AvgIpc) is 2.55. The fourth-order valence-electron chi connectivity index (χ4n) is 2.39. The van der Waals surface area contributed by atoms with Gasteiger partial charge < -0.3 is 15.0 Å². The van der Waals surface area contributed by atoms with Gasteiger partial charge in [-0.1, -0.05) is 19.1 Å². The van der Waals surface area contributed by atoms with E-state index < -0.39 is 0 Å². The maximum absolute atomic E-state index is 12.5. The number of morpholine rings is 1. The Kier molecular flexibility index (Phi) is 5.73. The highest BCUT2D eigenvalue weighted by Crippen LogP contribution is 2.10. The zero-order valence-corrected chi connectivity index (χ0v) is 12.3. The van der Waals surface area contributed by atoms with Crippen molar-refractivity contribution in [1.82, 2.24) is 10.2 Å². The molecule has 1 aromatic rings. The number of hydrogen-bond donors (Lipinski definition) is 1. The van der Waals surface area contributed by atoms with Crippen molar-refractivity contribution in [1.29, 1.82) is 5.26 Å². The van der Waals surface area contributed by atoms with E-state index in [4.69, 9.17) is 10.00 Å². The van der Waals surface area contributed by atoms with Crippen molar-refractivity contribution in [3.8, 4) is 6.07 Å². The van der Waals surface area contributed by atoms with E-state index in [9.17, 15) is 4.79 Å². The molecule has 112 valence electrons. The second kappa shape index (κ2) is 7.77. The fraction of sp³-hybridized carbons (Fsp3) is 0.500. The van der Waals surface area contributed by atoms with Gasteiger partial charge in [-0.25, -0.2) is 0 Å². The van der Waals surface area contributed by atoms with Crippen LogP contribution in [-0.4, -0.2) is 43.2 Å². The number of amides is 1. The van der Waals surface area contributed by atoms with Crippen molar-refractivity contribution in [3.63, 3.8) is 0 Å². The third kappa shape index (κ3) is 4.28. The normalized spacial score (nSPS) is 18.0. The molecule has 1 aromatic carbocycles. The van der Waals surface area contributed by atoms with Gasteiger partial charge in [-0.15, -0.1) is 0 Å². The van der Waals surface area contributed by atoms with Crippen LogP contribution in [0.4, 0.5) is 0 Å². The first-order valence-corrected chi connectivity index (χ1v) is 7.33. The summed E-state index contributed by atoms with van der Waals surface area (Å²) in [5, 5.41) is 12.0. The lowest BCUT2D eigenvalue weighted by Gasteiger charge is -2.30. The maximum Gasteiger partial charge on any atom is 0.242 e. The Morgan fingerprint density at radius 2 is 2.24 bits per heavy atom. The van der Waals surface area contributed by atoms with Crippen molar-refractivity contribution < 1.29 is 9.53 Å². The van der Waals surface area contributed by atoms with E-state index in [1.807, 2.05) is 17.0 Å². The van der Waals surface area contributed by atoms with Gasteiger partial charge >= 0.3 is 0 Å². The van der Waals surface area contributed by atoms with Gasteiger partial charge in [0.25, 0.3) is 0 Å². The second-order valence-electron chi connectivity index (χ2n) is 5.15. The standard InChI is InChI=1S/C16H21N3O2/c1-2-8-19(16(20)15-12-21-9-7-18-15)11-14-5-3-13(10-17)4-6-14/h3-6,15,18H,2,7-9,11-12H2,1H3. The average molecular weight is 287 g/mol. The van der Waals surface area contributed by atoms with E-state index in [0.717, 1.165) is 18.5 Å². The molecule has 0 aliphatic carbocycles. The van der Waals surface area contributed by atoms with Crippen molar-refractivity contribution in [2.75, 3.05) is 26.3 Å². The lowest BCUT2D eigenvalue weighted by Crippen LogP contribution is -2.52. The summed E-state index contributed by atoms with van der Waals surface area (Å²) < 4.78 is 5.37. The van der Waals surface area contributed by atoms with Gasteiger partial charge in [0.1, 0.15) is 6.04 Å². The van der Waals surface area contributed by atoms with Gasteiger partial charge in [0.2, 0.25) is 5.91 Å². The molecule has 1 amide bonds. The van der Waals surface area contributed by atoms with Crippen LogP contribution in [0.15, 0.2) is 24.3 Å². The number of nitrogens with zero attached hydrogens (tertiary/aromatic N) is 2. The van der Waals surface area contributed by atoms with E-state index in [-0.39, 0.29) is 11.9 Å². The quantitative estimate of drug-likeness (QED) is 0.886. The molecule has 1 N–H and O–H groups in total. The molecule has 1 unspecified atom stereocenters. The van der Waals surface area contributed by atoms with Gasteiger partial charge in [-0.05, 0) is 24.1 Å². The minimum Gasteiger partial charge on any atom is -0.378 e. The van der Waals surface area contributed by atoms with Crippen LogP contribution in [0.3, 0.4) is 0 Å². The fourth-order valence-corrected chi connectivity index (χ4v) is 2.39. The third-order valence-electron chi connectivity index (χ3n) is 3.48. The molecule has 0 aromatic heterocycles.